The third-order valence-electron chi connectivity index (χ3n) is 3.52. The molecule has 0 heterocycles. The van der Waals surface area contributed by atoms with Crippen molar-refractivity contribution in [1.29, 1.82) is 0 Å². The number of hydrogen-bond acceptors (Lipinski definition) is 5. The highest BCUT2D eigenvalue weighted by atomic mass is 35.5. The second-order valence-electron chi connectivity index (χ2n) is 5.33. The summed E-state index contributed by atoms with van der Waals surface area (Å²) in [5.41, 5.74) is 0.399. The Morgan fingerprint density at radius 3 is 2.35 bits per heavy atom. The summed E-state index contributed by atoms with van der Waals surface area (Å²) in [7, 11) is -1.09. The largest absolute Gasteiger partial charge is 0.493 e. The van der Waals surface area contributed by atoms with Gasteiger partial charge in [0.1, 0.15) is 0 Å². The van der Waals surface area contributed by atoms with Crippen LogP contribution in [0.4, 0.5) is 5.69 Å². The lowest BCUT2D eigenvalue weighted by molar-refractivity contribution is -0.117. The molecule has 0 aromatic heterocycles. The molecule has 1 amide bonds. The lowest BCUT2D eigenvalue weighted by atomic mass is 10.3. The number of sulfonamides is 1. The molecular formula is C17H19ClN2O5S. The van der Waals surface area contributed by atoms with Crippen molar-refractivity contribution in [2.24, 2.45) is 0 Å². The van der Waals surface area contributed by atoms with Crippen LogP contribution >= 0.6 is 11.6 Å². The third-order valence-corrected chi connectivity index (χ3v) is 5.39. The van der Waals surface area contributed by atoms with Crippen molar-refractivity contribution >= 4 is 33.2 Å². The van der Waals surface area contributed by atoms with E-state index in [4.69, 9.17) is 21.1 Å². The summed E-state index contributed by atoms with van der Waals surface area (Å²) >= 11 is 5.98. The number of para-hydroxylation sites is 1. The molecule has 0 aliphatic rings. The van der Waals surface area contributed by atoms with E-state index in [1.54, 1.807) is 24.3 Å². The van der Waals surface area contributed by atoms with Gasteiger partial charge in [-0.05, 0) is 31.2 Å². The Hall–Kier alpha value is -2.29. The molecule has 2 aromatic rings. The summed E-state index contributed by atoms with van der Waals surface area (Å²) in [4.78, 5) is 12.2. The van der Waals surface area contributed by atoms with Crippen molar-refractivity contribution in [3.8, 4) is 11.5 Å². The lowest BCUT2D eigenvalue weighted by Crippen LogP contribution is -2.41. The minimum absolute atomic E-state index is 0.0486. The molecule has 140 valence electrons. The summed E-state index contributed by atoms with van der Waals surface area (Å²) < 4.78 is 37.6. The van der Waals surface area contributed by atoms with Crippen molar-refractivity contribution in [2.75, 3.05) is 19.5 Å². The maximum absolute atomic E-state index is 12.5. The fourth-order valence-corrected chi connectivity index (χ4v) is 3.54. The van der Waals surface area contributed by atoms with Crippen LogP contribution in [0.15, 0.2) is 47.4 Å². The number of hydrogen-bond donors (Lipinski definition) is 2. The Morgan fingerprint density at radius 2 is 1.73 bits per heavy atom. The zero-order chi connectivity index (χ0) is 19.3. The van der Waals surface area contributed by atoms with E-state index in [0.717, 1.165) is 0 Å². The van der Waals surface area contributed by atoms with Crippen LogP contribution in [-0.2, 0) is 14.8 Å². The van der Waals surface area contributed by atoms with Gasteiger partial charge in [0.05, 0.1) is 35.9 Å². The van der Waals surface area contributed by atoms with Gasteiger partial charge in [-0.1, -0.05) is 23.7 Å². The molecule has 7 nitrogen and oxygen atoms in total. The molecule has 0 radical (unpaired) electrons. The Labute approximate surface area is 157 Å². The van der Waals surface area contributed by atoms with Gasteiger partial charge in [-0.15, -0.1) is 0 Å². The number of methoxy groups -OCH3 is 2. The second kappa shape index (κ2) is 8.39. The molecular weight excluding hydrogens is 380 g/mol. The predicted octanol–water partition coefficient (Wildman–Crippen LogP) is 2.66. The molecule has 0 aliphatic heterocycles. The molecule has 0 aliphatic carbocycles. The first-order valence-corrected chi connectivity index (χ1v) is 9.44. The fraction of sp³-hybridized carbons (Fsp3) is 0.235. The predicted molar refractivity (Wildman–Crippen MR) is 99.4 cm³/mol. The standard InChI is InChI=1S/C17H19ClN2O5S/c1-11(17(21)19-14-7-5-4-6-13(14)18)20-26(22,23)12-8-9-15(24-2)16(10-12)25-3/h4-11,20H,1-3H3,(H,19,21)/t11-/m0/s1. The van der Waals surface area contributed by atoms with Crippen LogP contribution in [0.25, 0.3) is 0 Å². The highest BCUT2D eigenvalue weighted by Gasteiger charge is 2.23. The zero-order valence-corrected chi connectivity index (χ0v) is 16.0. The molecule has 0 saturated heterocycles. The molecule has 0 bridgehead atoms. The number of carbonyl (C=O) groups is 1. The van der Waals surface area contributed by atoms with Gasteiger partial charge >= 0.3 is 0 Å². The average molecular weight is 399 g/mol. The average Bonchev–Trinajstić information content (AvgIpc) is 2.62. The van der Waals surface area contributed by atoms with E-state index in [9.17, 15) is 13.2 Å². The molecule has 2 rings (SSSR count). The molecule has 0 saturated carbocycles. The number of halogens is 1. The number of rotatable bonds is 7. The van der Waals surface area contributed by atoms with Gasteiger partial charge in [-0.3, -0.25) is 4.79 Å². The Balaban J connectivity index is 2.15. The van der Waals surface area contributed by atoms with Crippen LogP contribution in [0.1, 0.15) is 6.92 Å². The summed E-state index contributed by atoms with van der Waals surface area (Å²) in [5.74, 6) is 0.127. The van der Waals surface area contributed by atoms with E-state index in [2.05, 4.69) is 10.0 Å². The quantitative estimate of drug-likeness (QED) is 0.747. The van der Waals surface area contributed by atoms with Crippen molar-refractivity contribution in [1.82, 2.24) is 4.72 Å². The monoisotopic (exact) mass is 398 g/mol. The highest BCUT2D eigenvalue weighted by molar-refractivity contribution is 7.89. The number of anilines is 1. The van der Waals surface area contributed by atoms with Crippen molar-refractivity contribution in [3.63, 3.8) is 0 Å². The third kappa shape index (κ3) is 4.66. The van der Waals surface area contributed by atoms with Gasteiger partial charge in [0, 0.05) is 6.07 Å². The van der Waals surface area contributed by atoms with Crippen molar-refractivity contribution < 1.29 is 22.7 Å². The maximum atomic E-state index is 12.5. The first-order chi connectivity index (χ1) is 12.3. The van der Waals surface area contributed by atoms with E-state index in [1.165, 1.54) is 39.3 Å². The topological polar surface area (TPSA) is 93.7 Å². The van der Waals surface area contributed by atoms with Gasteiger partial charge in [0.2, 0.25) is 15.9 Å². The van der Waals surface area contributed by atoms with E-state index >= 15 is 0 Å². The van der Waals surface area contributed by atoms with Gasteiger partial charge in [-0.2, -0.15) is 4.72 Å². The molecule has 2 aromatic carbocycles. The van der Waals surface area contributed by atoms with Crippen LogP contribution in [0.2, 0.25) is 5.02 Å². The Morgan fingerprint density at radius 1 is 1.08 bits per heavy atom. The molecule has 0 fully saturated rings. The molecule has 2 N–H and O–H groups in total. The smallest absolute Gasteiger partial charge is 0.242 e. The minimum Gasteiger partial charge on any atom is -0.493 e. The van der Waals surface area contributed by atoms with Crippen LogP contribution in [0.3, 0.4) is 0 Å². The van der Waals surface area contributed by atoms with Crippen LogP contribution in [-0.4, -0.2) is 34.6 Å². The number of ether oxygens (including phenoxy) is 2. The maximum Gasteiger partial charge on any atom is 0.242 e. The summed E-state index contributed by atoms with van der Waals surface area (Å²) in [6, 6.07) is 9.81. The van der Waals surface area contributed by atoms with E-state index in [1.807, 2.05) is 0 Å². The van der Waals surface area contributed by atoms with Gasteiger partial charge in [0.15, 0.2) is 11.5 Å². The summed E-state index contributed by atoms with van der Waals surface area (Å²) in [5, 5.41) is 2.94. The SMILES string of the molecule is COc1ccc(S(=O)(=O)N[C@@H](C)C(=O)Nc2ccccc2Cl)cc1OC. The lowest BCUT2D eigenvalue weighted by Gasteiger charge is -2.16. The molecule has 0 unspecified atom stereocenters. The van der Waals surface area contributed by atoms with Crippen LogP contribution in [0, 0.1) is 0 Å². The molecule has 9 heteroatoms. The summed E-state index contributed by atoms with van der Waals surface area (Å²) in [6.07, 6.45) is 0. The number of nitrogens with one attached hydrogen (secondary N) is 2. The molecule has 1 atom stereocenters. The highest BCUT2D eigenvalue weighted by Crippen LogP contribution is 2.29. The first kappa shape index (κ1) is 20.0. The Kier molecular flexibility index (Phi) is 6.47. The number of benzene rings is 2. The van der Waals surface area contributed by atoms with E-state index in [-0.39, 0.29) is 10.6 Å². The van der Waals surface area contributed by atoms with Gasteiger partial charge in [0.25, 0.3) is 0 Å². The molecule has 26 heavy (non-hydrogen) atoms. The van der Waals surface area contributed by atoms with E-state index < -0.39 is 22.0 Å². The van der Waals surface area contributed by atoms with Gasteiger partial charge in [-0.25, -0.2) is 8.42 Å². The second-order valence-corrected chi connectivity index (χ2v) is 7.45. The normalized spacial score (nSPS) is 12.3. The number of carbonyl (C=O) groups excluding carboxylic acids is 1. The van der Waals surface area contributed by atoms with Crippen molar-refractivity contribution in [3.05, 3.63) is 47.5 Å². The first-order valence-electron chi connectivity index (χ1n) is 7.58. The fourth-order valence-electron chi connectivity index (χ4n) is 2.14. The van der Waals surface area contributed by atoms with Crippen molar-refractivity contribution in [2.45, 2.75) is 17.9 Å². The van der Waals surface area contributed by atoms with Crippen LogP contribution in [0.5, 0.6) is 11.5 Å². The summed E-state index contributed by atoms with van der Waals surface area (Å²) in [6.45, 7) is 1.44. The Bertz CT molecular complexity index is 902. The minimum atomic E-state index is -3.94. The van der Waals surface area contributed by atoms with E-state index in [0.29, 0.717) is 16.5 Å². The number of amides is 1. The molecule has 0 spiro atoms. The van der Waals surface area contributed by atoms with Crippen LogP contribution < -0.4 is 19.5 Å². The zero-order valence-electron chi connectivity index (χ0n) is 14.4. The van der Waals surface area contributed by atoms with Gasteiger partial charge < -0.3 is 14.8 Å².